The van der Waals surface area contributed by atoms with Crippen LogP contribution in [0.3, 0.4) is 0 Å². The largest absolute Gasteiger partial charge is 0.489 e. The highest BCUT2D eigenvalue weighted by atomic mass is 35.5. The number of carbonyl (C=O) groups is 2. The number of hydrogen-bond acceptors (Lipinski definition) is 7. The number of benzene rings is 1. The molecule has 2 aromatic rings. The van der Waals surface area contributed by atoms with E-state index in [0.29, 0.717) is 18.7 Å². The number of nitrogens with one attached hydrogen (secondary N) is 2. The van der Waals surface area contributed by atoms with Gasteiger partial charge in [-0.25, -0.2) is 4.98 Å². The molecular weight excluding hydrogens is 588 g/mol. The molecule has 2 aliphatic heterocycles. The Hall–Kier alpha value is -2.96. The quantitative estimate of drug-likeness (QED) is 0.359. The van der Waals surface area contributed by atoms with Crippen LogP contribution < -0.4 is 25.0 Å². The van der Waals surface area contributed by atoms with Gasteiger partial charge in [0.15, 0.2) is 5.60 Å². The number of aliphatic hydroxyl groups excluding tert-OH is 1. The first-order valence-corrected chi connectivity index (χ1v) is 13.8. The Bertz CT molecular complexity index is 1250. The minimum Gasteiger partial charge on any atom is -0.489 e. The summed E-state index contributed by atoms with van der Waals surface area (Å²) in [4.78, 5) is 31.8. The molecule has 4 rings (SSSR count). The van der Waals surface area contributed by atoms with Crippen molar-refractivity contribution in [1.29, 1.82) is 0 Å². The van der Waals surface area contributed by atoms with Crippen LogP contribution in [0.5, 0.6) is 11.5 Å². The van der Waals surface area contributed by atoms with Gasteiger partial charge < -0.3 is 30.1 Å². The minimum atomic E-state index is -4.49. The van der Waals surface area contributed by atoms with Gasteiger partial charge in [-0.2, -0.15) is 13.2 Å². The second-order valence-corrected chi connectivity index (χ2v) is 11.3. The number of rotatable bonds is 10. The fourth-order valence-electron chi connectivity index (χ4n) is 5.16. The molecule has 1 unspecified atom stereocenters. The SMILES string of the molecule is CC(C)(Oc1cc(OCCO)c(Cl)cc1Cl)C(=O)NC1C[C@H]2CC[C@@H](C1)N2c1ccc(C(=O)NCC(F)(F)F)cn1. The summed E-state index contributed by atoms with van der Waals surface area (Å²) in [5, 5.41) is 14.4. The summed E-state index contributed by atoms with van der Waals surface area (Å²) in [6, 6.07) is 6.10. The molecule has 9 nitrogen and oxygen atoms in total. The number of carbonyl (C=O) groups excluding carboxylic acids is 2. The maximum Gasteiger partial charge on any atom is 0.405 e. The normalized spacial score (nSPS) is 20.5. The van der Waals surface area contributed by atoms with Gasteiger partial charge in [-0.1, -0.05) is 23.2 Å². The highest BCUT2D eigenvalue weighted by molar-refractivity contribution is 6.36. The molecule has 1 aromatic carbocycles. The predicted octanol–water partition coefficient (Wildman–Crippen LogP) is 4.53. The lowest BCUT2D eigenvalue weighted by molar-refractivity contribution is -0.135. The lowest BCUT2D eigenvalue weighted by Gasteiger charge is -2.40. The van der Waals surface area contributed by atoms with Crippen molar-refractivity contribution in [3.05, 3.63) is 46.1 Å². The third-order valence-electron chi connectivity index (χ3n) is 7.04. The molecule has 0 aliphatic carbocycles. The zero-order valence-electron chi connectivity index (χ0n) is 22.4. The monoisotopic (exact) mass is 618 g/mol. The molecule has 0 radical (unpaired) electrons. The van der Waals surface area contributed by atoms with Crippen molar-refractivity contribution in [3.8, 4) is 11.5 Å². The lowest BCUT2D eigenvalue weighted by atomic mass is 9.96. The van der Waals surface area contributed by atoms with Gasteiger partial charge in [0.25, 0.3) is 11.8 Å². The van der Waals surface area contributed by atoms with Gasteiger partial charge in [-0.15, -0.1) is 0 Å². The second kappa shape index (κ2) is 12.5. The van der Waals surface area contributed by atoms with Gasteiger partial charge in [0, 0.05) is 30.4 Å². The van der Waals surface area contributed by atoms with Gasteiger partial charge in [0.05, 0.1) is 22.2 Å². The molecule has 0 spiro atoms. The summed E-state index contributed by atoms with van der Waals surface area (Å²) in [5.41, 5.74) is -1.24. The number of hydrogen-bond donors (Lipinski definition) is 3. The number of piperidine rings is 1. The molecule has 0 saturated carbocycles. The van der Waals surface area contributed by atoms with Crippen LogP contribution in [0.2, 0.25) is 10.0 Å². The zero-order chi connectivity index (χ0) is 29.9. The number of amides is 2. The second-order valence-electron chi connectivity index (χ2n) is 10.5. The number of anilines is 1. The first kappa shape index (κ1) is 31.0. The van der Waals surface area contributed by atoms with Gasteiger partial charge in [-0.3, -0.25) is 9.59 Å². The van der Waals surface area contributed by atoms with E-state index in [0.717, 1.165) is 12.8 Å². The van der Waals surface area contributed by atoms with E-state index < -0.39 is 24.2 Å². The number of halogens is 5. The van der Waals surface area contributed by atoms with E-state index in [9.17, 15) is 22.8 Å². The average Bonchev–Trinajstić information content (AvgIpc) is 3.17. The zero-order valence-corrected chi connectivity index (χ0v) is 23.9. The summed E-state index contributed by atoms with van der Waals surface area (Å²) in [6.07, 6.45) is -0.113. The van der Waals surface area contributed by atoms with Crippen LogP contribution >= 0.6 is 23.2 Å². The first-order valence-electron chi connectivity index (χ1n) is 13.1. The Kier molecular flexibility index (Phi) is 9.45. The topological polar surface area (TPSA) is 113 Å². The third-order valence-corrected chi connectivity index (χ3v) is 7.63. The van der Waals surface area contributed by atoms with Crippen molar-refractivity contribution in [1.82, 2.24) is 15.6 Å². The number of alkyl halides is 3. The number of ether oxygens (including phenoxy) is 2. The van der Waals surface area contributed by atoms with Gasteiger partial charge >= 0.3 is 6.18 Å². The molecule has 2 bridgehead atoms. The molecule has 224 valence electrons. The average molecular weight is 619 g/mol. The van der Waals surface area contributed by atoms with Gasteiger partial charge in [0.1, 0.15) is 30.5 Å². The molecule has 41 heavy (non-hydrogen) atoms. The Balaban J connectivity index is 1.36. The summed E-state index contributed by atoms with van der Waals surface area (Å²) in [7, 11) is 0. The van der Waals surface area contributed by atoms with Crippen LogP contribution in [0, 0.1) is 0 Å². The van der Waals surface area contributed by atoms with Crippen molar-refractivity contribution < 1.29 is 37.3 Å². The van der Waals surface area contributed by atoms with Crippen LogP contribution in [0.4, 0.5) is 19.0 Å². The third kappa shape index (κ3) is 7.66. The number of aromatic nitrogens is 1. The van der Waals surface area contributed by atoms with Gasteiger partial charge in [-0.05, 0) is 57.7 Å². The van der Waals surface area contributed by atoms with Crippen LogP contribution in [-0.4, -0.2) is 71.6 Å². The molecule has 2 saturated heterocycles. The molecule has 1 aromatic heterocycles. The van der Waals surface area contributed by atoms with Crippen molar-refractivity contribution in [2.24, 2.45) is 0 Å². The van der Waals surface area contributed by atoms with Crippen molar-refractivity contribution in [2.45, 2.75) is 69.4 Å². The fraction of sp³-hybridized carbons (Fsp3) is 0.519. The van der Waals surface area contributed by atoms with Crippen LogP contribution in [0.15, 0.2) is 30.5 Å². The smallest absolute Gasteiger partial charge is 0.405 e. The predicted molar refractivity (Wildman–Crippen MR) is 147 cm³/mol. The molecule has 2 fully saturated rings. The van der Waals surface area contributed by atoms with E-state index in [1.54, 1.807) is 19.9 Å². The highest BCUT2D eigenvalue weighted by Crippen LogP contribution is 2.40. The van der Waals surface area contributed by atoms with E-state index in [-0.39, 0.29) is 64.4 Å². The molecule has 2 amide bonds. The van der Waals surface area contributed by atoms with E-state index in [1.165, 1.54) is 24.4 Å². The van der Waals surface area contributed by atoms with Crippen molar-refractivity contribution in [3.63, 3.8) is 0 Å². The van der Waals surface area contributed by atoms with Crippen LogP contribution in [0.1, 0.15) is 49.9 Å². The molecule has 3 N–H and O–H groups in total. The first-order chi connectivity index (χ1) is 19.3. The Labute approximate surface area is 245 Å². The van der Waals surface area contributed by atoms with Gasteiger partial charge in [0.2, 0.25) is 0 Å². The minimum absolute atomic E-state index is 0.0304. The Morgan fingerprint density at radius 1 is 1.10 bits per heavy atom. The molecule has 14 heteroatoms. The van der Waals surface area contributed by atoms with Crippen LogP contribution in [-0.2, 0) is 4.79 Å². The summed E-state index contributed by atoms with van der Waals surface area (Å²) >= 11 is 12.4. The fourth-order valence-corrected chi connectivity index (χ4v) is 5.64. The van der Waals surface area contributed by atoms with E-state index >= 15 is 0 Å². The summed E-state index contributed by atoms with van der Waals surface area (Å²) in [6.45, 7) is 1.67. The summed E-state index contributed by atoms with van der Waals surface area (Å²) < 4.78 is 48.6. The Morgan fingerprint density at radius 3 is 2.34 bits per heavy atom. The standard InChI is InChI=1S/C27H31Cl2F3N4O5/c1-26(2,41-22-12-21(40-8-7-37)19(28)11-20(22)29)25(39)35-16-9-17-4-5-18(10-16)36(17)23-6-3-15(13-33-23)24(38)34-14-27(30,31)32/h3,6,11-13,16-18,37H,4-5,7-10,14H2,1-2H3,(H,34,38)(H,35,39)/t16?,17-,18+. The molecular formula is C27H31Cl2F3N4O5. The highest BCUT2D eigenvalue weighted by Gasteiger charge is 2.43. The van der Waals surface area contributed by atoms with Crippen molar-refractivity contribution in [2.75, 3.05) is 24.7 Å². The lowest BCUT2D eigenvalue weighted by Crippen LogP contribution is -2.55. The van der Waals surface area contributed by atoms with E-state index in [1.807, 2.05) is 5.32 Å². The number of aliphatic hydroxyl groups is 1. The maximum absolute atomic E-state index is 13.3. The Morgan fingerprint density at radius 2 is 1.76 bits per heavy atom. The number of pyridine rings is 1. The van der Waals surface area contributed by atoms with E-state index in [4.69, 9.17) is 37.8 Å². The maximum atomic E-state index is 13.3. The van der Waals surface area contributed by atoms with Crippen molar-refractivity contribution >= 4 is 40.8 Å². The number of fused-ring (bicyclic) bond motifs is 2. The molecule has 2 aliphatic rings. The molecule has 3 heterocycles. The van der Waals surface area contributed by atoms with E-state index in [2.05, 4.69) is 15.2 Å². The summed E-state index contributed by atoms with van der Waals surface area (Å²) in [5.74, 6) is -0.0599. The number of nitrogens with zero attached hydrogens (tertiary/aromatic N) is 2. The molecule has 3 atom stereocenters. The van der Waals surface area contributed by atoms with Crippen LogP contribution in [0.25, 0.3) is 0 Å².